The van der Waals surface area contributed by atoms with Gasteiger partial charge in [0.15, 0.2) is 0 Å². The summed E-state index contributed by atoms with van der Waals surface area (Å²) < 4.78 is 22.7. The predicted molar refractivity (Wildman–Crippen MR) is 64.4 cm³/mol. The zero-order valence-electron chi connectivity index (χ0n) is 9.12. The first-order valence-corrected chi connectivity index (χ1v) is 6.45. The SMILES string of the molecule is NS(=O)(=O)c1ccccc1NC(=O)c1ccn[nH]1. The first kappa shape index (κ1) is 12.3. The van der Waals surface area contributed by atoms with Gasteiger partial charge in [-0.05, 0) is 18.2 Å². The minimum absolute atomic E-state index is 0.125. The summed E-state index contributed by atoms with van der Waals surface area (Å²) in [4.78, 5) is 11.6. The number of nitrogens with two attached hydrogens (primary N) is 1. The largest absolute Gasteiger partial charge is 0.319 e. The van der Waals surface area contributed by atoms with Gasteiger partial charge in [0.25, 0.3) is 5.91 Å². The number of nitrogens with zero attached hydrogens (tertiary/aromatic N) is 1. The van der Waals surface area contributed by atoms with Crippen LogP contribution in [0.3, 0.4) is 0 Å². The number of primary sulfonamides is 1. The van der Waals surface area contributed by atoms with Gasteiger partial charge in [0.1, 0.15) is 10.6 Å². The molecule has 1 aromatic carbocycles. The lowest BCUT2D eigenvalue weighted by Gasteiger charge is -2.08. The van der Waals surface area contributed by atoms with Crippen molar-refractivity contribution in [2.24, 2.45) is 5.14 Å². The highest BCUT2D eigenvalue weighted by molar-refractivity contribution is 7.89. The summed E-state index contributed by atoms with van der Waals surface area (Å²) in [6, 6.07) is 7.35. The summed E-state index contributed by atoms with van der Waals surface area (Å²) >= 11 is 0. The van der Waals surface area contributed by atoms with E-state index < -0.39 is 15.9 Å². The lowest BCUT2D eigenvalue weighted by Crippen LogP contribution is -2.18. The molecule has 18 heavy (non-hydrogen) atoms. The number of aromatic nitrogens is 2. The van der Waals surface area contributed by atoms with Crippen LogP contribution in [0.1, 0.15) is 10.5 Å². The monoisotopic (exact) mass is 266 g/mol. The maximum absolute atomic E-state index is 11.7. The molecule has 4 N–H and O–H groups in total. The summed E-state index contributed by atoms with van der Waals surface area (Å²) in [5.41, 5.74) is 0.346. The number of hydrogen-bond donors (Lipinski definition) is 3. The number of nitrogens with one attached hydrogen (secondary N) is 2. The third-order valence-corrected chi connectivity index (χ3v) is 3.16. The van der Waals surface area contributed by atoms with Crippen LogP contribution < -0.4 is 10.5 Å². The van der Waals surface area contributed by atoms with Crippen LogP contribution in [0.2, 0.25) is 0 Å². The van der Waals surface area contributed by atoms with E-state index in [4.69, 9.17) is 5.14 Å². The van der Waals surface area contributed by atoms with Crippen molar-refractivity contribution >= 4 is 21.6 Å². The van der Waals surface area contributed by atoms with Crippen molar-refractivity contribution in [2.75, 3.05) is 5.32 Å². The fraction of sp³-hybridized carbons (Fsp3) is 0. The van der Waals surface area contributed by atoms with Gasteiger partial charge < -0.3 is 5.32 Å². The standard InChI is InChI=1S/C10H10N4O3S/c11-18(16,17)9-4-2-1-3-7(9)13-10(15)8-5-6-12-14-8/h1-6H,(H,12,14)(H,13,15)(H2,11,16,17). The van der Waals surface area contributed by atoms with E-state index in [2.05, 4.69) is 15.5 Å². The Balaban J connectivity index is 2.33. The normalized spacial score (nSPS) is 11.2. The molecule has 94 valence electrons. The van der Waals surface area contributed by atoms with Crippen molar-refractivity contribution in [1.82, 2.24) is 10.2 Å². The Bertz CT molecular complexity index is 664. The molecule has 2 aromatic rings. The fourth-order valence-electron chi connectivity index (χ4n) is 1.39. The number of hydrogen-bond acceptors (Lipinski definition) is 4. The van der Waals surface area contributed by atoms with Crippen molar-refractivity contribution in [1.29, 1.82) is 0 Å². The average molecular weight is 266 g/mol. The Kier molecular flexibility index (Phi) is 3.13. The molecule has 2 rings (SSSR count). The minimum Gasteiger partial charge on any atom is -0.319 e. The highest BCUT2D eigenvalue weighted by Gasteiger charge is 2.16. The number of H-pyrrole nitrogens is 1. The number of amides is 1. The van der Waals surface area contributed by atoms with Crippen molar-refractivity contribution in [3.8, 4) is 0 Å². The van der Waals surface area contributed by atoms with Crippen LogP contribution in [0.5, 0.6) is 0 Å². The summed E-state index contributed by atoms with van der Waals surface area (Å²) in [5, 5.41) is 13.6. The minimum atomic E-state index is -3.89. The van der Waals surface area contributed by atoms with Gasteiger partial charge in [0.05, 0.1) is 5.69 Å². The second-order valence-corrected chi connectivity index (χ2v) is 5.00. The quantitative estimate of drug-likeness (QED) is 0.740. The number of anilines is 1. The Morgan fingerprint density at radius 3 is 2.61 bits per heavy atom. The maximum atomic E-state index is 11.7. The van der Waals surface area contributed by atoms with Crippen LogP contribution in [0.15, 0.2) is 41.4 Å². The first-order chi connectivity index (χ1) is 8.48. The van der Waals surface area contributed by atoms with Gasteiger partial charge in [-0.25, -0.2) is 13.6 Å². The summed E-state index contributed by atoms with van der Waals surface area (Å²) in [5.74, 6) is -0.497. The van der Waals surface area contributed by atoms with Gasteiger partial charge in [-0.1, -0.05) is 12.1 Å². The average Bonchev–Trinajstić information content (AvgIpc) is 2.81. The molecule has 1 heterocycles. The van der Waals surface area contributed by atoms with Gasteiger partial charge in [0.2, 0.25) is 10.0 Å². The van der Waals surface area contributed by atoms with Crippen LogP contribution in [-0.4, -0.2) is 24.5 Å². The number of carbonyl (C=O) groups excluding carboxylic acids is 1. The molecule has 0 fully saturated rings. The summed E-state index contributed by atoms with van der Waals surface area (Å²) in [6.07, 6.45) is 1.42. The topological polar surface area (TPSA) is 118 Å². The highest BCUT2D eigenvalue weighted by Crippen LogP contribution is 2.19. The zero-order valence-corrected chi connectivity index (χ0v) is 9.94. The molecule has 0 atom stereocenters. The second-order valence-electron chi connectivity index (χ2n) is 3.47. The number of rotatable bonds is 3. The number of sulfonamides is 1. The van der Waals surface area contributed by atoms with E-state index in [1.54, 1.807) is 6.07 Å². The molecule has 0 saturated heterocycles. The van der Waals surface area contributed by atoms with E-state index in [-0.39, 0.29) is 16.3 Å². The van der Waals surface area contributed by atoms with E-state index in [9.17, 15) is 13.2 Å². The molecule has 7 nitrogen and oxygen atoms in total. The third-order valence-electron chi connectivity index (χ3n) is 2.19. The Hall–Kier alpha value is -2.19. The zero-order chi connectivity index (χ0) is 13.2. The molecule has 8 heteroatoms. The van der Waals surface area contributed by atoms with Gasteiger partial charge in [-0.2, -0.15) is 5.10 Å². The van der Waals surface area contributed by atoms with Crippen LogP contribution >= 0.6 is 0 Å². The molecule has 0 radical (unpaired) electrons. The number of carbonyl (C=O) groups is 1. The maximum Gasteiger partial charge on any atom is 0.273 e. The Morgan fingerprint density at radius 1 is 1.28 bits per heavy atom. The first-order valence-electron chi connectivity index (χ1n) is 4.91. The molecule has 0 unspecified atom stereocenters. The van der Waals surface area contributed by atoms with Gasteiger partial charge in [-0.3, -0.25) is 9.89 Å². The van der Waals surface area contributed by atoms with Gasteiger partial charge >= 0.3 is 0 Å². The molecular weight excluding hydrogens is 256 g/mol. The van der Waals surface area contributed by atoms with Crippen molar-refractivity contribution in [2.45, 2.75) is 4.90 Å². The molecule has 1 amide bonds. The third kappa shape index (κ3) is 2.55. The summed E-state index contributed by atoms with van der Waals surface area (Å²) in [7, 11) is -3.89. The molecule has 0 saturated carbocycles. The lowest BCUT2D eigenvalue weighted by molar-refractivity contribution is 0.102. The Labute approximate surface area is 103 Å². The molecule has 0 aliphatic rings. The van der Waals surface area contributed by atoms with Crippen LogP contribution in [-0.2, 0) is 10.0 Å². The van der Waals surface area contributed by atoms with E-state index in [1.807, 2.05) is 0 Å². The van der Waals surface area contributed by atoms with E-state index >= 15 is 0 Å². The number of para-hydroxylation sites is 1. The number of benzene rings is 1. The van der Waals surface area contributed by atoms with Gasteiger partial charge in [0, 0.05) is 6.20 Å². The Morgan fingerprint density at radius 2 is 2.00 bits per heavy atom. The van der Waals surface area contributed by atoms with E-state index in [1.165, 1.54) is 30.5 Å². The van der Waals surface area contributed by atoms with Crippen LogP contribution in [0.4, 0.5) is 5.69 Å². The number of aromatic amines is 1. The van der Waals surface area contributed by atoms with Crippen LogP contribution in [0.25, 0.3) is 0 Å². The van der Waals surface area contributed by atoms with Crippen molar-refractivity contribution < 1.29 is 13.2 Å². The highest BCUT2D eigenvalue weighted by atomic mass is 32.2. The van der Waals surface area contributed by atoms with E-state index in [0.717, 1.165) is 0 Å². The van der Waals surface area contributed by atoms with Crippen molar-refractivity contribution in [3.63, 3.8) is 0 Å². The van der Waals surface area contributed by atoms with Crippen LogP contribution in [0, 0.1) is 0 Å². The van der Waals surface area contributed by atoms with Crippen molar-refractivity contribution in [3.05, 3.63) is 42.2 Å². The van der Waals surface area contributed by atoms with Gasteiger partial charge in [-0.15, -0.1) is 0 Å². The molecule has 1 aromatic heterocycles. The molecule has 0 aliphatic carbocycles. The van der Waals surface area contributed by atoms with E-state index in [0.29, 0.717) is 0 Å². The lowest BCUT2D eigenvalue weighted by atomic mass is 10.3. The smallest absolute Gasteiger partial charge is 0.273 e. The molecule has 0 aliphatic heterocycles. The molecular formula is C10H10N4O3S. The second kappa shape index (κ2) is 4.59. The molecule has 0 bridgehead atoms. The fourth-order valence-corrected chi connectivity index (χ4v) is 2.08. The molecule has 0 spiro atoms. The predicted octanol–water partition coefficient (Wildman–Crippen LogP) is 0.309. The summed E-state index contributed by atoms with van der Waals surface area (Å²) in [6.45, 7) is 0.